The van der Waals surface area contributed by atoms with Crippen molar-refractivity contribution < 1.29 is 9.59 Å². The molecule has 0 saturated heterocycles. The number of aromatic nitrogens is 1. The fourth-order valence-electron chi connectivity index (χ4n) is 4.28. The zero-order valence-corrected chi connectivity index (χ0v) is 18.2. The van der Waals surface area contributed by atoms with Gasteiger partial charge in [0.25, 0.3) is 0 Å². The summed E-state index contributed by atoms with van der Waals surface area (Å²) in [4.78, 5) is 32.6. The van der Waals surface area contributed by atoms with Gasteiger partial charge in [0.15, 0.2) is 5.13 Å². The summed E-state index contributed by atoms with van der Waals surface area (Å²) in [5.41, 5.74) is 1.03. The molecule has 156 valence electrons. The third-order valence-electron chi connectivity index (χ3n) is 5.85. The molecule has 0 aromatic carbocycles. The molecule has 2 N–H and O–H groups in total. The molecule has 0 spiro atoms. The molecule has 1 saturated carbocycles. The third kappa shape index (κ3) is 5.46. The summed E-state index contributed by atoms with van der Waals surface area (Å²) in [6.45, 7) is 7.47. The van der Waals surface area contributed by atoms with Gasteiger partial charge in [0.05, 0.1) is 12.2 Å². The Morgan fingerprint density at radius 3 is 2.68 bits per heavy atom. The Kier molecular flexibility index (Phi) is 7.32. The van der Waals surface area contributed by atoms with E-state index in [2.05, 4.69) is 22.5 Å². The van der Waals surface area contributed by atoms with E-state index in [1.54, 1.807) is 0 Å². The van der Waals surface area contributed by atoms with Crippen LogP contribution in [0.3, 0.4) is 0 Å². The molecule has 3 rings (SSSR count). The van der Waals surface area contributed by atoms with E-state index >= 15 is 0 Å². The number of thiazole rings is 1. The molecule has 0 unspecified atom stereocenters. The second-order valence-electron chi connectivity index (χ2n) is 8.51. The molecule has 0 radical (unpaired) electrons. The van der Waals surface area contributed by atoms with Crippen molar-refractivity contribution in [3.05, 3.63) is 10.6 Å². The van der Waals surface area contributed by atoms with E-state index in [4.69, 9.17) is 0 Å². The van der Waals surface area contributed by atoms with Crippen molar-refractivity contribution in [2.24, 2.45) is 11.8 Å². The highest BCUT2D eigenvalue weighted by Crippen LogP contribution is 2.35. The van der Waals surface area contributed by atoms with Gasteiger partial charge in [0.1, 0.15) is 0 Å². The van der Waals surface area contributed by atoms with Crippen molar-refractivity contribution in [1.82, 2.24) is 15.2 Å². The molecule has 2 aliphatic rings. The van der Waals surface area contributed by atoms with Gasteiger partial charge in [0.2, 0.25) is 5.91 Å². The van der Waals surface area contributed by atoms with Crippen LogP contribution in [0.25, 0.3) is 0 Å². The Labute approximate surface area is 172 Å². The molecule has 1 aliphatic carbocycles. The summed E-state index contributed by atoms with van der Waals surface area (Å²) in [5, 5.41) is 6.24. The number of hydrogen-bond donors (Lipinski definition) is 2. The molecular formula is C21H34N4O2S. The van der Waals surface area contributed by atoms with Crippen LogP contribution in [0, 0.1) is 11.8 Å². The van der Waals surface area contributed by atoms with Crippen LogP contribution in [0.15, 0.2) is 0 Å². The van der Waals surface area contributed by atoms with E-state index in [0.717, 1.165) is 42.3 Å². The lowest BCUT2D eigenvalue weighted by atomic mass is 9.79. The SMILES string of the molecule is CCCCC1CCC(C(=O)N2CCc3nc(NC(=O)NC(C)C)sc3C2)CC1. The van der Waals surface area contributed by atoms with Crippen molar-refractivity contribution in [3.8, 4) is 0 Å². The molecule has 6 nitrogen and oxygen atoms in total. The van der Waals surface area contributed by atoms with Crippen LogP contribution in [0.1, 0.15) is 76.3 Å². The number of nitrogens with zero attached hydrogens (tertiary/aromatic N) is 2. The smallest absolute Gasteiger partial charge is 0.321 e. The highest BCUT2D eigenvalue weighted by atomic mass is 32.1. The first-order valence-electron chi connectivity index (χ1n) is 10.8. The normalized spacial score (nSPS) is 22.1. The van der Waals surface area contributed by atoms with Crippen LogP contribution in [-0.2, 0) is 17.8 Å². The van der Waals surface area contributed by atoms with Crippen LogP contribution < -0.4 is 10.6 Å². The fourth-order valence-corrected chi connectivity index (χ4v) is 5.30. The number of urea groups is 1. The van der Waals surface area contributed by atoms with Gasteiger partial charge in [-0.15, -0.1) is 0 Å². The van der Waals surface area contributed by atoms with Crippen molar-refractivity contribution in [1.29, 1.82) is 0 Å². The van der Waals surface area contributed by atoms with E-state index < -0.39 is 0 Å². The molecule has 1 fully saturated rings. The number of unbranched alkanes of at least 4 members (excludes halogenated alkanes) is 1. The summed E-state index contributed by atoms with van der Waals surface area (Å²) < 4.78 is 0. The molecule has 28 heavy (non-hydrogen) atoms. The maximum Gasteiger partial charge on any atom is 0.321 e. The predicted octanol–water partition coefficient (Wildman–Crippen LogP) is 4.55. The summed E-state index contributed by atoms with van der Waals surface area (Å²) in [5.74, 6) is 1.34. The molecule has 1 aromatic rings. The van der Waals surface area contributed by atoms with E-state index in [1.807, 2.05) is 18.7 Å². The molecule has 7 heteroatoms. The average Bonchev–Trinajstić information content (AvgIpc) is 3.06. The van der Waals surface area contributed by atoms with Gasteiger partial charge in [-0.1, -0.05) is 37.5 Å². The van der Waals surface area contributed by atoms with Crippen LogP contribution in [0.2, 0.25) is 0 Å². The number of rotatable bonds is 6. The van der Waals surface area contributed by atoms with Crippen molar-refractivity contribution >= 4 is 28.4 Å². The zero-order valence-electron chi connectivity index (χ0n) is 17.4. The lowest BCUT2D eigenvalue weighted by molar-refractivity contribution is -0.137. The number of nitrogens with one attached hydrogen (secondary N) is 2. The van der Waals surface area contributed by atoms with Gasteiger partial charge in [-0.25, -0.2) is 9.78 Å². The second kappa shape index (κ2) is 9.72. The Morgan fingerprint density at radius 2 is 2.00 bits per heavy atom. The van der Waals surface area contributed by atoms with E-state index in [1.165, 1.54) is 43.4 Å². The minimum Gasteiger partial charge on any atom is -0.337 e. The quantitative estimate of drug-likeness (QED) is 0.727. The standard InChI is InChI=1S/C21H34N4O2S/c1-4-5-6-15-7-9-16(10-8-15)19(26)25-12-11-17-18(13-25)28-21(23-17)24-20(27)22-14(2)3/h14-16H,4-13H2,1-3H3,(H2,22,23,24,27). The van der Waals surface area contributed by atoms with Crippen molar-refractivity contribution in [2.75, 3.05) is 11.9 Å². The topological polar surface area (TPSA) is 74.3 Å². The highest BCUT2D eigenvalue weighted by Gasteiger charge is 2.32. The molecule has 1 aliphatic heterocycles. The zero-order chi connectivity index (χ0) is 20.1. The Morgan fingerprint density at radius 1 is 1.25 bits per heavy atom. The summed E-state index contributed by atoms with van der Waals surface area (Å²) in [6.07, 6.45) is 9.17. The number of fused-ring (bicyclic) bond motifs is 1. The van der Waals surface area contributed by atoms with Crippen LogP contribution in [0.5, 0.6) is 0 Å². The lowest BCUT2D eigenvalue weighted by Gasteiger charge is -2.33. The second-order valence-corrected chi connectivity index (χ2v) is 9.60. The molecule has 1 aromatic heterocycles. The first-order valence-corrected chi connectivity index (χ1v) is 11.6. The van der Waals surface area contributed by atoms with Gasteiger partial charge in [-0.3, -0.25) is 10.1 Å². The first-order chi connectivity index (χ1) is 13.5. The van der Waals surface area contributed by atoms with Gasteiger partial charge < -0.3 is 10.2 Å². The molecule has 2 heterocycles. The molecule has 0 atom stereocenters. The van der Waals surface area contributed by atoms with Gasteiger partial charge >= 0.3 is 6.03 Å². The van der Waals surface area contributed by atoms with Gasteiger partial charge in [-0.05, 0) is 45.4 Å². The Hall–Kier alpha value is -1.63. The third-order valence-corrected chi connectivity index (χ3v) is 6.84. The van der Waals surface area contributed by atoms with Crippen LogP contribution >= 0.6 is 11.3 Å². The van der Waals surface area contributed by atoms with Crippen molar-refractivity contribution in [2.45, 2.75) is 84.7 Å². The van der Waals surface area contributed by atoms with Crippen molar-refractivity contribution in [3.63, 3.8) is 0 Å². The Balaban J connectivity index is 1.52. The van der Waals surface area contributed by atoms with Gasteiger partial charge in [0, 0.05) is 29.8 Å². The molecule has 0 bridgehead atoms. The molecule has 3 amide bonds. The minimum absolute atomic E-state index is 0.0831. The fraction of sp³-hybridized carbons (Fsp3) is 0.762. The molecular weight excluding hydrogens is 372 g/mol. The summed E-state index contributed by atoms with van der Waals surface area (Å²) >= 11 is 1.49. The van der Waals surface area contributed by atoms with Gasteiger partial charge in [-0.2, -0.15) is 0 Å². The summed E-state index contributed by atoms with van der Waals surface area (Å²) in [6, 6.07) is -0.145. The lowest BCUT2D eigenvalue weighted by Crippen LogP contribution is -2.40. The van der Waals surface area contributed by atoms with E-state index in [-0.39, 0.29) is 18.0 Å². The summed E-state index contributed by atoms with van der Waals surface area (Å²) in [7, 11) is 0. The maximum absolute atomic E-state index is 13.0. The largest absolute Gasteiger partial charge is 0.337 e. The number of carbonyl (C=O) groups excluding carboxylic acids is 2. The highest BCUT2D eigenvalue weighted by molar-refractivity contribution is 7.15. The van der Waals surface area contributed by atoms with Crippen LogP contribution in [-0.4, -0.2) is 34.4 Å². The number of amides is 3. The number of carbonyl (C=O) groups is 2. The average molecular weight is 407 g/mol. The Bertz CT molecular complexity index is 680. The number of hydrogen-bond acceptors (Lipinski definition) is 4. The van der Waals surface area contributed by atoms with E-state index in [0.29, 0.717) is 17.6 Å². The maximum atomic E-state index is 13.0. The minimum atomic E-state index is -0.228. The monoisotopic (exact) mass is 406 g/mol. The first kappa shape index (κ1) is 21.1. The van der Waals surface area contributed by atoms with E-state index in [9.17, 15) is 9.59 Å². The number of anilines is 1. The predicted molar refractivity (Wildman–Crippen MR) is 113 cm³/mol. The van der Waals surface area contributed by atoms with Crippen LogP contribution in [0.4, 0.5) is 9.93 Å².